The van der Waals surface area contributed by atoms with Crippen LogP contribution in [0.2, 0.25) is 0 Å². The summed E-state index contributed by atoms with van der Waals surface area (Å²) in [5.74, 6) is 1.23. The Morgan fingerprint density at radius 1 is 1.36 bits per heavy atom. The van der Waals surface area contributed by atoms with Crippen LogP contribution >= 0.6 is 0 Å². The fourth-order valence-electron chi connectivity index (χ4n) is 4.31. The average molecular weight is 300 g/mol. The number of amides is 1. The van der Waals surface area contributed by atoms with Crippen molar-refractivity contribution in [3.05, 3.63) is 29.3 Å². The van der Waals surface area contributed by atoms with Gasteiger partial charge in [-0.15, -0.1) is 0 Å². The molecule has 4 rings (SSSR count). The highest BCUT2D eigenvalue weighted by atomic mass is 16.5. The molecule has 3 aliphatic rings. The molecular weight excluding hydrogens is 276 g/mol. The first-order chi connectivity index (χ1) is 10.6. The average Bonchev–Trinajstić information content (AvgIpc) is 2.90. The highest BCUT2D eigenvalue weighted by Crippen LogP contribution is 2.68. The van der Waals surface area contributed by atoms with E-state index in [-0.39, 0.29) is 16.7 Å². The number of benzene rings is 1. The Morgan fingerprint density at radius 3 is 3.00 bits per heavy atom. The quantitative estimate of drug-likeness (QED) is 0.898. The normalized spacial score (nSPS) is 28.0. The number of fused-ring (bicyclic) bond motifs is 1. The summed E-state index contributed by atoms with van der Waals surface area (Å²) in [6.07, 6.45) is 4.29. The lowest BCUT2D eigenvalue weighted by molar-refractivity contribution is -0.127. The van der Waals surface area contributed by atoms with Gasteiger partial charge in [-0.25, -0.2) is 0 Å². The van der Waals surface area contributed by atoms with Crippen LogP contribution in [0.25, 0.3) is 0 Å². The molecule has 118 valence electrons. The van der Waals surface area contributed by atoms with Gasteiger partial charge in [0.2, 0.25) is 5.91 Å². The van der Waals surface area contributed by atoms with Crippen molar-refractivity contribution in [3.8, 4) is 5.75 Å². The second-order valence-electron chi connectivity index (χ2n) is 7.26. The third-order valence-electron chi connectivity index (χ3n) is 6.01. The van der Waals surface area contributed by atoms with Crippen LogP contribution in [0.3, 0.4) is 0 Å². The molecule has 1 saturated carbocycles. The number of ether oxygens (including phenoxy) is 1. The zero-order valence-electron chi connectivity index (χ0n) is 13.2. The summed E-state index contributed by atoms with van der Waals surface area (Å²) in [5, 5.41) is 6.56. The topological polar surface area (TPSA) is 50.4 Å². The first-order valence-electron chi connectivity index (χ1n) is 8.37. The molecule has 0 aromatic heterocycles. The van der Waals surface area contributed by atoms with Gasteiger partial charge in [0.05, 0.1) is 12.0 Å². The molecule has 1 aliphatic carbocycles. The van der Waals surface area contributed by atoms with E-state index in [0.717, 1.165) is 51.1 Å². The summed E-state index contributed by atoms with van der Waals surface area (Å²) < 4.78 is 5.53. The van der Waals surface area contributed by atoms with Crippen LogP contribution in [0.1, 0.15) is 37.3 Å². The van der Waals surface area contributed by atoms with Gasteiger partial charge in [0.1, 0.15) is 5.75 Å². The van der Waals surface area contributed by atoms with E-state index >= 15 is 0 Å². The molecule has 1 aromatic carbocycles. The predicted molar refractivity (Wildman–Crippen MR) is 84.7 cm³/mol. The van der Waals surface area contributed by atoms with Gasteiger partial charge in [0.25, 0.3) is 0 Å². The lowest BCUT2D eigenvalue weighted by atomic mass is 9.85. The maximum atomic E-state index is 12.7. The van der Waals surface area contributed by atoms with E-state index in [0.29, 0.717) is 6.54 Å². The third-order valence-corrected chi connectivity index (χ3v) is 6.01. The van der Waals surface area contributed by atoms with Gasteiger partial charge < -0.3 is 15.4 Å². The van der Waals surface area contributed by atoms with E-state index in [2.05, 4.69) is 29.7 Å². The largest absolute Gasteiger partial charge is 0.493 e. The molecule has 2 fully saturated rings. The van der Waals surface area contributed by atoms with Crippen LogP contribution in [0.5, 0.6) is 5.75 Å². The smallest absolute Gasteiger partial charge is 0.226 e. The highest BCUT2D eigenvalue weighted by Gasteiger charge is 2.67. The molecule has 22 heavy (non-hydrogen) atoms. The van der Waals surface area contributed by atoms with Crippen molar-refractivity contribution in [1.29, 1.82) is 0 Å². The number of carbonyl (C=O) groups excluding carboxylic acids is 1. The minimum atomic E-state index is -0.158. The molecule has 1 spiro atoms. The highest BCUT2D eigenvalue weighted by molar-refractivity contribution is 5.86. The Balaban J connectivity index is 1.39. The molecule has 1 aromatic rings. The fraction of sp³-hybridized carbons (Fsp3) is 0.611. The van der Waals surface area contributed by atoms with Gasteiger partial charge >= 0.3 is 0 Å². The van der Waals surface area contributed by atoms with Crippen molar-refractivity contribution in [2.75, 3.05) is 19.7 Å². The van der Waals surface area contributed by atoms with Crippen molar-refractivity contribution in [2.45, 2.75) is 39.2 Å². The maximum absolute atomic E-state index is 12.7. The molecule has 4 heteroatoms. The molecule has 2 heterocycles. The van der Waals surface area contributed by atoms with Crippen LogP contribution in [-0.4, -0.2) is 25.6 Å². The number of hydrogen-bond acceptors (Lipinski definition) is 3. The van der Waals surface area contributed by atoms with Crippen LogP contribution < -0.4 is 15.4 Å². The summed E-state index contributed by atoms with van der Waals surface area (Å²) >= 11 is 0. The maximum Gasteiger partial charge on any atom is 0.226 e. The molecule has 1 atom stereocenters. The van der Waals surface area contributed by atoms with Crippen molar-refractivity contribution in [3.63, 3.8) is 0 Å². The summed E-state index contributed by atoms with van der Waals surface area (Å²) in [4.78, 5) is 12.7. The summed E-state index contributed by atoms with van der Waals surface area (Å²) in [7, 11) is 0. The van der Waals surface area contributed by atoms with Crippen LogP contribution in [0.4, 0.5) is 0 Å². The predicted octanol–water partition coefficient (Wildman–Crippen LogP) is 2.02. The van der Waals surface area contributed by atoms with E-state index in [4.69, 9.17) is 4.74 Å². The first kappa shape index (κ1) is 14.1. The number of carbonyl (C=O) groups is 1. The second-order valence-corrected chi connectivity index (χ2v) is 7.26. The molecule has 0 radical (unpaired) electrons. The fourth-order valence-corrected chi connectivity index (χ4v) is 4.31. The zero-order chi connectivity index (χ0) is 15.2. The Hall–Kier alpha value is -1.55. The van der Waals surface area contributed by atoms with Crippen LogP contribution in [-0.2, 0) is 17.8 Å². The first-order valence-corrected chi connectivity index (χ1v) is 8.37. The van der Waals surface area contributed by atoms with Gasteiger partial charge in [-0.1, -0.05) is 19.1 Å². The van der Waals surface area contributed by atoms with Crippen LogP contribution in [0.15, 0.2) is 18.2 Å². The van der Waals surface area contributed by atoms with Gasteiger partial charge in [-0.3, -0.25) is 4.79 Å². The Kier molecular flexibility index (Phi) is 3.19. The monoisotopic (exact) mass is 300 g/mol. The van der Waals surface area contributed by atoms with Gasteiger partial charge in [0, 0.05) is 13.0 Å². The van der Waals surface area contributed by atoms with Crippen molar-refractivity contribution < 1.29 is 9.53 Å². The summed E-state index contributed by atoms with van der Waals surface area (Å²) in [5.41, 5.74) is 2.53. The molecular formula is C18H24N2O2. The molecule has 2 N–H and O–H groups in total. The lowest BCUT2D eigenvalue weighted by Crippen LogP contribution is -2.38. The third kappa shape index (κ3) is 2.12. The van der Waals surface area contributed by atoms with Gasteiger partial charge in [-0.2, -0.15) is 0 Å². The second kappa shape index (κ2) is 4.98. The summed E-state index contributed by atoms with van der Waals surface area (Å²) in [6.45, 7) is 5.64. The lowest BCUT2D eigenvalue weighted by Gasteiger charge is -2.27. The molecule has 1 amide bonds. The Morgan fingerprint density at radius 2 is 2.18 bits per heavy atom. The van der Waals surface area contributed by atoms with E-state index in [9.17, 15) is 4.79 Å². The number of nitrogens with one attached hydrogen (secondary N) is 2. The number of hydrogen-bond donors (Lipinski definition) is 2. The minimum absolute atomic E-state index is 0.158. The Labute approximate surface area is 131 Å². The SMILES string of the molecule is CC1(C(=O)NCc2ccc3c(c2)CCO3)CC12CCNCC2. The standard InChI is InChI=1S/C18H24N2O2/c1-17(12-18(17)5-7-19-8-6-18)16(21)20-11-13-2-3-15-14(10-13)4-9-22-15/h2-3,10,19H,4-9,11-12H2,1H3,(H,20,21). The Bertz CT molecular complexity index is 607. The van der Waals surface area contributed by atoms with Crippen molar-refractivity contribution in [2.24, 2.45) is 10.8 Å². The minimum Gasteiger partial charge on any atom is -0.493 e. The zero-order valence-corrected chi connectivity index (χ0v) is 13.2. The van der Waals surface area contributed by atoms with Gasteiger partial charge in [-0.05, 0) is 55.0 Å². The van der Waals surface area contributed by atoms with E-state index < -0.39 is 0 Å². The molecule has 1 unspecified atom stereocenters. The molecule has 2 aliphatic heterocycles. The van der Waals surface area contributed by atoms with E-state index in [1.54, 1.807) is 0 Å². The van der Waals surface area contributed by atoms with Crippen LogP contribution in [0, 0.1) is 10.8 Å². The molecule has 4 nitrogen and oxygen atoms in total. The van der Waals surface area contributed by atoms with Crippen molar-refractivity contribution >= 4 is 5.91 Å². The van der Waals surface area contributed by atoms with Crippen molar-refractivity contribution in [1.82, 2.24) is 10.6 Å². The molecule has 0 bridgehead atoms. The molecule has 1 saturated heterocycles. The summed E-state index contributed by atoms with van der Waals surface area (Å²) in [6, 6.07) is 6.25. The van der Waals surface area contributed by atoms with Gasteiger partial charge in [0.15, 0.2) is 0 Å². The van der Waals surface area contributed by atoms with E-state index in [1.165, 1.54) is 11.1 Å². The number of rotatable bonds is 3. The number of piperidine rings is 1. The van der Waals surface area contributed by atoms with E-state index in [1.807, 2.05) is 6.07 Å².